The van der Waals surface area contributed by atoms with Crippen molar-refractivity contribution in [3.63, 3.8) is 0 Å². The van der Waals surface area contributed by atoms with Crippen LogP contribution in [0.2, 0.25) is 0 Å². The minimum Gasteiger partial charge on any atom is -0.378 e. The van der Waals surface area contributed by atoms with Crippen molar-refractivity contribution in [2.24, 2.45) is 5.92 Å². The van der Waals surface area contributed by atoms with Crippen LogP contribution in [0, 0.1) is 5.92 Å². The van der Waals surface area contributed by atoms with Gasteiger partial charge in [0, 0.05) is 38.8 Å². The van der Waals surface area contributed by atoms with Gasteiger partial charge in [-0.15, -0.1) is 0 Å². The normalized spacial score (nSPS) is 37.5. The summed E-state index contributed by atoms with van der Waals surface area (Å²) in [5.74, 6) is 0.865. The minimum absolute atomic E-state index is 0.527. The van der Waals surface area contributed by atoms with Crippen LogP contribution >= 0.6 is 0 Å². The molecule has 2 aliphatic rings. The molecule has 94 valence electrons. The molecule has 2 unspecified atom stereocenters. The quantitative estimate of drug-likeness (QED) is 0.789. The molecule has 16 heavy (non-hydrogen) atoms. The fraction of sp³-hybridized carbons (Fsp3) is 1.00. The van der Waals surface area contributed by atoms with E-state index in [1.165, 1.54) is 38.9 Å². The zero-order valence-electron chi connectivity index (χ0n) is 10.7. The third-order valence-corrected chi connectivity index (χ3v) is 3.90. The largest absolute Gasteiger partial charge is 0.378 e. The monoisotopic (exact) mass is 226 g/mol. The first-order valence-corrected chi connectivity index (χ1v) is 6.85. The third kappa shape index (κ3) is 3.44. The van der Waals surface area contributed by atoms with Gasteiger partial charge in [-0.3, -0.25) is 0 Å². The molecule has 0 aromatic heterocycles. The van der Waals surface area contributed by atoms with Gasteiger partial charge < -0.3 is 15.0 Å². The van der Waals surface area contributed by atoms with Crippen molar-refractivity contribution in [1.82, 2.24) is 10.2 Å². The van der Waals surface area contributed by atoms with E-state index in [0.29, 0.717) is 12.1 Å². The van der Waals surface area contributed by atoms with Gasteiger partial charge in [0.05, 0.1) is 6.10 Å². The number of hydrogen-bond donors (Lipinski definition) is 1. The van der Waals surface area contributed by atoms with Crippen molar-refractivity contribution < 1.29 is 4.74 Å². The summed E-state index contributed by atoms with van der Waals surface area (Å²) in [5, 5.41) is 3.50. The molecule has 0 saturated carbocycles. The molecular formula is C13H26N2O. The minimum atomic E-state index is 0.527. The van der Waals surface area contributed by atoms with E-state index in [4.69, 9.17) is 4.74 Å². The molecular weight excluding hydrogens is 200 g/mol. The van der Waals surface area contributed by atoms with E-state index in [1.54, 1.807) is 0 Å². The number of piperazine rings is 1. The lowest BCUT2D eigenvalue weighted by atomic mass is 9.93. The Morgan fingerprint density at radius 3 is 3.06 bits per heavy atom. The molecule has 2 heterocycles. The van der Waals surface area contributed by atoms with E-state index < -0.39 is 0 Å². The molecule has 2 saturated heterocycles. The lowest BCUT2D eigenvalue weighted by Crippen LogP contribution is -2.50. The van der Waals surface area contributed by atoms with E-state index in [-0.39, 0.29) is 0 Å². The Labute approximate surface area is 99.5 Å². The number of ether oxygens (including phenoxy) is 1. The Hall–Kier alpha value is -0.120. The maximum Gasteiger partial charge on any atom is 0.0575 e. The molecule has 3 atom stereocenters. The van der Waals surface area contributed by atoms with Crippen molar-refractivity contribution in [2.75, 3.05) is 32.8 Å². The number of rotatable bonds is 3. The van der Waals surface area contributed by atoms with Crippen molar-refractivity contribution in [3.05, 3.63) is 0 Å². The average Bonchev–Trinajstić information content (AvgIpc) is 2.29. The number of hydrogen-bond acceptors (Lipinski definition) is 3. The summed E-state index contributed by atoms with van der Waals surface area (Å²) in [6.45, 7) is 10.4. The molecule has 2 fully saturated rings. The highest BCUT2D eigenvalue weighted by molar-refractivity contribution is 4.79. The topological polar surface area (TPSA) is 24.5 Å². The molecule has 3 heteroatoms. The Kier molecular flexibility index (Phi) is 4.62. The van der Waals surface area contributed by atoms with Gasteiger partial charge in [0.1, 0.15) is 0 Å². The van der Waals surface area contributed by atoms with Crippen molar-refractivity contribution in [3.8, 4) is 0 Å². The van der Waals surface area contributed by atoms with Crippen LogP contribution in [0.25, 0.3) is 0 Å². The summed E-state index contributed by atoms with van der Waals surface area (Å²) >= 11 is 0. The molecule has 2 rings (SSSR count). The predicted molar refractivity (Wildman–Crippen MR) is 66.7 cm³/mol. The zero-order chi connectivity index (χ0) is 11.4. The van der Waals surface area contributed by atoms with Crippen LogP contribution < -0.4 is 5.32 Å². The Morgan fingerprint density at radius 2 is 2.31 bits per heavy atom. The first kappa shape index (κ1) is 12.3. The average molecular weight is 226 g/mol. The second-order valence-corrected chi connectivity index (χ2v) is 5.41. The highest BCUT2D eigenvalue weighted by Gasteiger charge is 2.24. The highest BCUT2D eigenvalue weighted by atomic mass is 16.5. The van der Waals surface area contributed by atoms with Crippen LogP contribution in [-0.4, -0.2) is 49.8 Å². The van der Waals surface area contributed by atoms with E-state index in [2.05, 4.69) is 24.1 Å². The van der Waals surface area contributed by atoms with Crippen LogP contribution in [0.4, 0.5) is 0 Å². The van der Waals surface area contributed by atoms with Gasteiger partial charge >= 0.3 is 0 Å². The molecule has 0 aromatic rings. The van der Waals surface area contributed by atoms with E-state index >= 15 is 0 Å². The van der Waals surface area contributed by atoms with Gasteiger partial charge in [-0.25, -0.2) is 0 Å². The maximum absolute atomic E-state index is 5.74. The van der Waals surface area contributed by atoms with Crippen molar-refractivity contribution in [1.29, 1.82) is 0 Å². The van der Waals surface area contributed by atoms with Gasteiger partial charge in [-0.1, -0.05) is 6.92 Å². The summed E-state index contributed by atoms with van der Waals surface area (Å²) in [7, 11) is 0. The van der Waals surface area contributed by atoms with Crippen molar-refractivity contribution >= 4 is 0 Å². The van der Waals surface area contributed by atoms with E-state index in [0.717, 1.165) is 19.1 Å². The molecule has 0 aromatic carbocycles. The summed E-state index contributed by atoms with van der Waals surface area (Å²) in [4.78, 5) is 2.63. The molecule has 0 radical (unpaired) electrons. The summed E-state index contributed by atoms with van der Waals surface area (Å²) in [6.07, 6.45) is 4.23. The number of nitrogens with one attached hydrogen (secondary N) is 1. The molecule has 3 nitrogen and oxygen atoms in total. The summed E-state index contributed by atoms with van der Waals surface area (Å²) < 4.78 is 5.74. The fourth-order valence-electron chi connectivity index (χ4n) is 2.95. The first-order valence-electron chi connectivity index (χ1n) is 6.85. The smallest absolute Gasteiger partial charge is 0.0575 e. The van der Waals surface area contributed by atoms with Crippen LogP contribution in [0.15, 0.2) is 0 Å². The second-order valence-electron chi connectivity index (χ2n) is 5.41. The Bertz CT molecular complexity index is 210. The first-order chi connectivity index (χ1) is 7.78. The van der Waals surface area contributed by atoms with Gasteiger partial charge in [-0.2, -0.15) is 0 Å². The molecule has 1 N–H and O–H groups in total. The van der Waals surface area contributed by atoms with Gasteiger partial charge in [-0.05, 0) is 32.1 Å². The molecule has 2 aliphatic heterocycles. The van der Waals surface area contributed by atoms with Gasteiger partial charge in [0.25, 0.3) is 0 Å². The number of nitrogens with zero attached hydrogens (tertiary/aromatic N) is 1. The highest BCUT2D eigenvalue weighted by Crippen LogP contribution is 2.23. The Morgan fingerprint density at radius 1 is 1.44 bits per heavy atom. The zero-order valence-corrected chi connectivity index (χ0v) is 10.7. The predicted octanol–water partition coefficient (Wildman–Crippen LogP) is 1.49. The van der Waals surface area contributed by atoms with Crippen molar-refractivity contribution in [2.45, 2.75) is 45.3 Å². The van der Waals surface area contributed by atoms with E-state index in [9.17, 15) is 0 Å². The van der Waals surface area contributed by atoms with Gasteiger partial charge in [0.15, 0.2) is 0 Å². The lowest BCUT2D eigenvalue weighted by molar-refractivity contribution is -0.0191. The summed E-state index contributed by atoms with van der Waals surface area (Å²) in [6, 6.07) is 0.663. The summed E-state index contributed by atoms with van der Waals surface area (Å²) in [5.41, 5.74) is 0. The Balaban J connectivity index is 1.75. The van der Waals surface area contributed by atoms with Crippen LogP contribution in [0.5, 0.6) is 0 Å². The molecule has 0 spiro atoms. The maximum atomic E-state index is 5.74. The molecule has 0 bridgehead atoms. The SMILES string of the molecule is CCC1CC(CN2CCN[C@H](C)C2)CCO1. The fourth-order valence-corrected chi connectivity index (χ4v) is 2.95. The second kappa shape index (κ2) is 5.99. The van der Waals surface area contributed by atoms with Crippen LogP contribution in [0.1, 0.15) is 33.1 Å². The van der Waals surface area contributed by atoms with Gasteiger partial charge in [0.2, 0.25) is 0 Å². The molecule has 0 aliphatic carbocycles. The lowest BCUT2D eigenvalue weighted by Gasteiger charge is -2.37. The van der Waals surface area contributed by atoms with E-state index in [1.807, 2.05) is 0 Å². The van der Waals surface area contributed by atoms with Crippen LogP contribution in [0.3, 0.4) is 0 Å². The molecule has 0 amide bonds. The van der Waals surface area contributed by atoms with Crippen LogP contribution in [-0.2, 0) is 4.74 Å². The standard InChI is InChI=1S/C13H26N2O/c1-3-13-8-12(4-7-16-13)10-15-6-5-14-11(2)9-15/h11-14H,3-10H2,1-2H3/t11-,12?,13?/m1/s1. The third-order valence-electron chi connectivity index (χ3n) is 3.90.